The molecule has 0 fully saturated rings. The van der Waals surface area contributed by atoms with Crippen LogP contribution in [0.25, 0.3) is 16.7 Å². The van der Waals surface area contributed by atoms with Crippen LogP contribution in [-0.4, -0.2) is 30.2 Å². The Bertz CT molecular complexity index is 1220. The molecule has 0 spiro atoms. The molecule has 146 valence electrons. The Labute approximate surface area is 167 Å². The Morgan fingerprint density at radius 1 is 1.21 bits per heavy atom. The number of anilines is 2. The Balaban J connectivity index is 1.43. The summed E-state index contributed by atoms with van der Waals surface area (Å²) in [4.78, 5) is 21.0. The monoisotopic (exact) mass is 387 g/mol. The van der Waals surface area contributed by atoms with Gasteiger partial charge in [0.25, 0.3) is 0 Å². The molecule has 5 rings (SSSR count). The molecule has 0 saturated heterocycles. The van der Waals surface area contributed by atoms with Crippen molar-refractivity contribution in [3.8, 4) is 5.69 Å². The lowest BCUT2D eigenvalue weighted by Crippen LogP contribution is -2.14. The van der Waals surface area contributed by atoms with Crippen molar-refractivity contribution in [1.82, 2.24) is 24.3 Å². The molecular formula is C21H21N7O. The summed E-state index contributed by atoms with van der Waals surface area (Å²) in [5.41, 5.74) is 13.1. The SMILES string of the molecule is Cn1cc(CC(=O)Nc2ccc(-n3c4c(c5ncnc(N)c53)CCC4)cc2)cn1. The zero-order chi connectivity index (χ0) is 20.0. The van der Waals surface area contributed by atoms with E-state index in [4.69, 9.17) is 5.73 Å². The second kappa shape index (κ2) is 6.73. The Kier molecular flexibility index (Phi) is 4.04. The molecule has 8 heteroatoms. The number of fused-ring (bicyclic) bond motifs is 3. The van der Waals surface area contributed by atoms with Crippen LogP contribution >= 0.6 is 0 Å². The van der Waals surface area contributed by atoms with Gasteiger partial charge in [-0.2, -0.15) is 5.10 Å². The second-order valence-corrected chi connectivity index (χ2v) is 7.36. The molecule has 0 saturated carbocycles. The number of carbonyl (C=O) groups is 1. The van der Waals surface area contributed by atoms with E-state index < -0.39 is 0 Å². The third-order valence-electron chi connectivity index (χ3n) is 5.35. The number of carbonyl (C=O) groups excluding carboxylic acids is 1. The highest BCUT2D eigenvalue weighted by Crippen LogP contribution is 2.36. The highest BCUT2D eigenvalue weighted by atomic mass is 16.1. The number of nitrogen functional groups attached to an aromatic ring is 1. The molecule has 0 radical (unpaired) electrons. The Morgan fingerprint density at radius 2 is 2.03 bits per heavy atom. The van der Waals surface area contributed by atoms with Crippen molar-refractivity contribution in [1.29, 1.82) is 0 Å². The van der Waals surface area contributed by atoms with Gasteiger partial charge in [-0.1, -0.05) is 0 Å². The minimum absolute atomic E-state index is 0.0734. The topological polar surface area (TPSA) is 104 Å². The van der Waals surface area contributed by atoms with Gasteiger partial charge >= 0.3 is 0 Å². The lowest BCUT2D eigenvalue weighted by atomic mass is 10.2. The summed E-state index contributed by atoms with van der Waals surface area (Å²) in [5.74, 6) is 0.411. The molecule has 0 atom stereocenters. The van der Waals surface area contributed by atoms with Gasteiger partial charge in [0.2, 0.25) is 5.91 Å². The first-order chi connectivity index (χ1) is 14.1. The molecule has 0 bridgehead atoms. The molecule has 0 aliphatic heterocycles. The number of amides is 1. The maximum absolute atomic E-state index is 12.3. The van der Waals surface area contributed by atoms with Crippen molar-refractivity contribution in [3.05, 3.63) is 59.8 Å². The van der Waals surface area contributed by atoms with E-state index in [0.29, 0.717) is 12.2 Å². The lowest BCUT2D eigenvalue weighted by molar-refractivity contribution is -0.115. The number of aromatic nitrogens is 5. The van der Waals surface area contributed by atoms with E-state index in [1.54, 1.807) is 10.9 Å². The Morgan fingerprint density at radius 3 is 2.79 bits per heavy atom. The van der Waals surface area contributed by atoms with Crippen LogP contribution in [0, 0.1) is 0 Å². The van der Waals surface area contributed by atoms with Gasteiger partial charge in [0.05, 0.1) is 18.1 Å². The van der Waals surface area contributed by atoms with E-state index in [0.717, 1.165) is 47.2 Å². The van der Waals surface area contributed by atoms with Gasteiger partial charge < -0.3 is 15.6 Å². The van der Waals surface area contributed by atoms with Gasteiger partial charge in [0.15, 0.2) is 5.82 Å². The number of benzene rings is 1. The van der Waals surface area contributed by atoms with Crippen molar-refractivity contribution in [2.24, 2.45) is 7.05 Å². The predicted octanol–water partition coefficient (Wildman–Crippen LogP) is 2.41. The number of rotatable bonds is 4. The summed E-state index contributed by atoms with van der Waals surface area (Å²) >= 11 is 0. The number of nitrogens with two attached hydrogens (primary N) is 1. The maximum atomic E-state index is 12.3. The third-order valence-corrected chi connectivity index (χ3v) is 5.35. The molecule has 1 aliphatic rings. The predicted molar refractivity (Wildman–Crippen MR) is 111 cm³/mol. The van der Waals surface area contributed by atoms with Gasteiger partial charge in [-0.25, -0.2) is 9.97 Å². The number of hydrogen-bond acceptors (Lipinski definition) is 5. The summed E-state index contributed by atoms with van der Waals surface area (Å²) in [6, 6.07) is 7.79. The van der Waals surface area contributed by atoms with Crippen LogP contribution in [0.4, 0.5) is 11.5 Å². The molecule has 29 heavy (non-hydrogen) atoms. The zero-order valence-electron chi connectivity index (χ0n) is 16.1. The van der Waals surface area contributed by atoms with Gasteiger partial charge in [-0.05, 0) is 54.7 Å². The molecule has 3 N–H and O–H groups in total. The molecule has 1 aliphatic carbocycles. The fraction of sp³-hybridized carbons (Fsp3) is 0.238. The summed E-state index contributed by atoms with van der Waals surface area (Å²) in [5, 5.41) is 7.03. The highest BCUT2D eigenvalue weighted by molar-refractivity contribution is 5.93. The number of aryl methyl sites for hydroxylation is 2. The van der Waals surface area contributed by atoms with E-state index in [1.165, 1.54) is 17.6 Å². The van der Waals surface area contributed by atoms with Crippen LogP contribution in [0.5, 0.6) is 0 Å². The van der Waals surface area contributed by atoms with Crippen LogP contribution in [0.2, 0.25) is 0 Å². The number of nitrogens with one attached hydrogen (secondary N) is 1. The maximum Gasteiger partial charge on any atom is 0.228 e. The fourth-order valence-corrected chi connectivity index (χ4v) is 4.13. The minimum atomic E-state index is -0.0734. The molecule has 4 aromatic rings. The van der Waals surface area contributed by atoms with Crippen molar-refractivity contribution < 1.29 is 4.79 Å². The molecule has 8 nitrogen and oxygen atoms in total. The highest BCUT2D eigenvalue weighted by Gasteiger charge is 2.25. The fourth-order valence-electron chi connectivity index (χ4n) is 4.13. The molecule has 1 amide bonds. The van der Waals surface area contributed by atoms with Crippen LogP contribution in [0.15, 0.2) is 43.0 Å². The third kappa shape index (κ3) is 3.02. The van der Waals surface area contributed by atoms with Crippen LogP contribution < -0.4 is 11.1 Å². The summed E-state index contributed by atoms with van der Waals surface area (Å²) in [6.45, 7) is 0. The van der Waals surface area contributed by atoms with Gasteiger partial charge in [-0.3, -0.25) is 9.48 Å². The molecule has 0 unspecified atom stereocenters. The summed E-state index contributed by atoms with van der Waals surface area (Å²) < 4.78 is 3.85. The first-order valence-electron chi connectivity index (χ1n) is 9.60. The van der Waals surface area contributed by atoms with Gasteiger partial charge in [0, 0.05) is 30.3 Å². The van der Waals surface area contributed by atoms with Crippen molar-refractivity contribution in [2.75, 3.05) is 11.1 Å². The first kappa shape index (κ1) is 17.4. The second-order valence-electron chi connectivity index (χ2n) is 7.36. The van der Waals surface area contributed by atoms with Crippen molar-refractivity contribution in [2.45, 2.75) is 25.7 Å². The standard InChI is InChI=1S/C21H21N7O/c1-27-11-13(10-25-27)9-18(29)26-14-5-7-15(8-6-14)28-17-4-2-3-16(17)19-20(28)21(22)24-12-23-19/h5-8,10-12H,2-4,9H2,1H3,(H,26,29)(H2,22,23,24). The van der Waals surface area contributed by atoms with E-state index in [2.05, 4.69) is 25.0 Å². The first-order valence-corrected chi connectivity index (χ1v) is 9.60. The average molecular weight is 387 g/mol. The van der Waals surface area contributed by atoms with Crippen LogP contribution in [0.3, 0.4) is 0 Å². The smallest absolute Gasteiger partial charge is 0.228 e. The average Bonchev–Trinajstić information content (AvgIpc) is 3.39. The normalized spacial score (nSPS) is 13.0. The zero-order valence-corrected chi connectivity index (χ0v) is 16.1. The van der Waals surface area contributed by atoms with Crippen LogP contribution in [-0.2, 0) is 31.1 Å². The lowest BCUT2D eigenvalue weighted by Gasteiger charge is -2.12. The summed E-state index contributed by atoms with van der Waals surface area (Å²) in [7, 11) is 1.83. The Hall–Kier alpha value is -3.68. The molecule has 1 aromatic carbocycles. The molecule has 3 aromatic heterocycles. The van der Waals surface area contributed by atoms with Crippen molar-refractivity contribution >= 4 is 28.4 Å². The largest absolute Gasteiger partial charge is 0.382 e. The quantitative estimate of drug-likeness (QED) is 0.560. The van der Waals surface area contributed by atoms with E-state index in [1.807, 2.05) is 37.5 Å². The van der Waals surface area contributed by atoms with E-state index in [-0.39, 0.29) is 5.91 Å². The van der Waals surface area contributed by atoms with Crippen molar-refractivity contribution in [3.63, 3.8) is 0 Å². The van der Waals surface area contributed by atoms with E-state index in [9.17, 15) is 4.79 Å². The number of hydrogen-bond donors (Lipinski definition) is 2. The number of nitrogens with zero attached hydrogens (tertiary/aromatic N) is 5. The van der Waals surface area contributed by atoms with E-state index >= 15 is 0 Å². The summed E-state index contributed by atoms with van der Waals surface area (Å²) in [6.07, 6.45) is 8.49. The molecule has 3 heterocycles. The van der Waals surface area contributed by atoms with Gasteiger partial charge in [-0.15, -0.1) is 0 Å². The minimum Gasteiger partial charge on any atom is -0.382 e. The van der Waals surface area contributed by atoms with Crippen LogP contribution in [0.1, 0.15) is 23.2 Å². The van der Waals surface area contributed by atoms with Gasteiger partial charge in [0.1, 0.15) is 11.8 Å². The molecular weight excluding hydrogens is 366 g/mol.